The number of hydrogen-bond donors (Lipinski definition) is 0. The smallest absolute Gasteiger partial charge is 0.377 e. The highest BCUT2D eigenvalue weighted by Gasteiger charge is 2.38. The van der Waals surface area contributed by atoms with Gasteiger partial charge in [-0.15, -0.1) is 0 Å². The molecule has 4 heteroatoms. The molecule has 0 N–H and O–H groups in total. The van der Waals surface area contributed by atoms with Gasteiger partial charge in [0.05, 0.1) is 11.0 Å². The molecule has 0 amide bonds. The molecule has 5 aromatic carbocycles. The quantitative estimate of drug-likeness (QED) is 0.234. The Morgan fingerprint density at radius 2 is 0.944 bits per heavy atom. The van der Waals surface area contributed by atoms with Crippen LogP contribution in [0.3, 0.4) is 0 Å². The molecule has 174 valence electrons. The van der Waals surface area contributed by atoms with Crippen LogP contribution in [0.4, 0.5) is 5.69 Å². The minimum Gasteiger partial charge on any atom is -0.432 e. The van der Waals surface area contributed by atoms with Crippen LogP contribution < -0.4 is 9.97 Å². The van der Waals surface area contributed by atoms with E-state index in [-0.39, 0.29) is 0 Å². The van der Waals surface area contributed by atoms with Gasteiger partial charge in [-0.05, 0) is 63.7 Å². The van der Waals surface area contributed by atoms with E-state index in [1.54, 1.807) is 10.9 Å². The second-order valence-electron chi connectivity index (χ2n) is 8.67. The third kappa shape index (κ3) is 4.15. The van der Waals surface area contributed by atoms with Gasteiger partial charge in [-0.2, -0.15) is 0 Å². The summed E-state index contributed by atoms with van der Waals surface area (Å²) in [5, 5.41) is 0.653. The van der Waals surface area contributed by atoms with Gasteiger partial charge in [0.25, 0.3) is 0 Å². The second-order valence-corrected chi connectivity index (χ2v) is 10.9. The fourth-order valence-corrected chi connectivity index (χ4v) is 6.50. The highest BCUT2D eigenvalue weighted by Crippen LogP contribution is 2.56. The van der Waals surface area contributed by atoms with E-state index in [1.807, 2.05) is 78.9 Å². The molecule has 5 aromatic rings. The van der Waals surface area contributed by atoms with Crippen molar-refractivity contribution in [2.24, 2.45) is 0 Å². The molecule has 6 rings (SSSR count). The van der Waals surface area contributed by atoms with E-state index < -0.39 is 7.52 Å². The maximum Gasteiger partial charge on any atom is 0.377 e. The molecule has 1 unspecified atom stereocenters. The molecule has 1 aliphatic rings. The summed E-state index contributed by atoms with van der Waals surface area (Å²) < 4.78 is 22.2. The van der Waals surface area contributed by atoms with Crippen molar-refractivity contribution in [1.82, 2.24) is 0 Å². The van der Waals surface area contributed by atoms with Gasteiger partial charge in [0.1, 0.15) is 6.26 Å². The molecule has 0 aromatic heterocycles. The molecule has 36 heavy (non-hydrogen) atoms. The Bertz CT molecular complexity index is 1510. The SMILES string of the molecule is O=P1(c2cc(-c3ccccc3)cc(-c3ccccc3)c2)OC=CN1c1ccc(-c2ccccc2)cc1. The Morgan fingerprint density at radius 1 is 0.500 bits per heavy atom. The van der Waals surface area contributed by atoms with Crippen molar-refractivity contribution in [2.45, 2.75) is 0 Å². The number of hydrogen-bond acceptors (Lipinski definition) is 2. The molecule has 3 nitrogen and oxygen atoms in total. The van der Waals surface area contributed by atoms with Crippen molar-refractivity contribution in [3.8, 4) is 33.4 Å². The lowest BCUT2D eigenvalue weighted by atomic mass is 9.99. The minimum absolute atomic E-state index is 0.653. The fourth-order valence-electron chi connectivity index (χ4n) is 4.54. The predicted molar refractivity (Wildman–Crippen MR) is 149 cm³/mol. The molecule has 0 aliphatic carbocycles. The van der Waals surface area contributed by atoms with Crippen LogP contribution in [0, 0.1) is 0 Å². The van der Waals surface area contributed by atoms with Crippen LogP contribution in [0.15, 0.2) is 146 Å². The Balaban J connectivity index is 1.43. The largest absolute Gasteiger partial charge is 0.432 e. The third-order valence-electron chi connectivity index (χ3n) is 6.39. The van der Waals surface area contributed by atoms with Gasteiger partial charge in [0, 0.05) is 6.20 Å². The molecule has 0 radical (unpaired) electrons. The highest BCUT2D eigenvalue weighted by molar-refractivity contribution is 7.69. The van der Waals surface area contributed by atoms with Crippen LogP contribution in [-0.4, -0.2) is 0 Å². The molecule has 1 aliphatic heterocycles. The molecular formula is C32H24NO2P. The topological polar surface area (TPSA) is 29.5 Å². The van der Waals surface area contributed by atoms with Crippen LogP contribution in [0.1, 0.15) is 0 Å². The van der Waals surface area contributed by atoms with E-state index in [4.69, 9.17) is 4.52 Å². The van der Waals surface area contributed by atoms with Gasteiger partial charge in [0.2, 0.25) is 0 Å². The zero-order chi connectivity index (χ0) is 24.4. The normalized spacial score (nSPS) is 16.6. The Labute approximate surface area is 211 Å². The summed E-state index contributed by atoms with van der Waals surface area (Å²) in [6, 6.07) is 44.8. The van der Waals surface area contributed by atoms with Crippen LogP contribution >= 0.6 is 7.52 Å². The van der Waals surface area contributed by atoms with Crippen molar-refractivity contribution in [2.75, 3.05) is 4.67 Å². The number of anilines is 1. The zero-order valence-electron chi connectivity index (χ0n) is 19.6. The van der Waals surface area contributed by atoms with Gasteiger partial charge >= 0.3 is 7.52 Å². The Kier molecular flexibility index (Phi) is 5.77. The predicted octanol–water partition coefficient (Wildman–Crippen LogP) is 8.51. The van der Waals surface area contributed by atoms with E-state index in [2.05, 4.69) is 54.6 Å². The maximum atomic E-state index is 14.5. The summed E-state index contributed by atoms with van der Waals surface area (Å²) in [6.45, 7) is 0. The molecule has 0 spiro atoms. The van der Waals surface area contributed by atoms with E-state index in [9.17, 15) is 4.57 Å². The first-order chi connectivity index (χ1) is 17.7. The van der Waals surface area contributed by atoms with E-state index in [0.717, 1.165) is 39.1 Å². The van der Waals surface area contributed by atoms with E-state index in [0.29, 0.717) is 5.30 Å². The molecule has 0 bridgehead atoms. The fraction of sp³-hybridized carbons (Fsp3) is 0. The lowest BCUT2D eigenvalue weighted by Crippen LogP contribution is -2.19. The molecule has 1 atom stereocenters. The van der Waals surface area contributed by atoms with Crippen LogP contribution in [0.5, 0.6) is 0 Å². The standard InChI is InChI=1S/C32H24NO2P/c34-36(33(20-21-35-36)31-18-16-28(17-19-31)25-10-4-1-5-11-25)32-23-29(26-12-6-2-7-13-26)22-30(24-32)27-14-8-3-9-15-27/h1-24H. The molecule has 1 heterocycles. The summed E-state index contributed by atoms with van der Waals surface area (Å²) in [4.78, 5) is 0. The lowest BCUT2D eigenvalue weighted by molar-refractivity contribution is 0.462. The van der Waals surface area contributed by atoms with Crippen LogP contribution in [-0.2, 0) is 9.09 Å². The first kappa shape index (κ1) is 22.2. The van der Waals surface area contributed by atoms with Crippen molar-refractivity contribution in [1.29, 1.82) is 0 Å². The first-order valence-corrected chi connectivity index (χ1v) is 13.5. The average molecular weight is 486 g/mol. The number of rotatable bonds is 5. The number of benzene rings is 5. The lowest BCUT2D eigenvalue weighted by Gasteiger charge is -2.25. The van der Waals surface area contributed by atoms with Gasteiger partial charge in [-0.3, -0.25) is 4.67 Å². The molecular weight excluding hydrogens is 461 g/mol. The molecule has 0 fully saturated rings. The van der Waals surface area contributed by atoms with Gasteiger partial charge < -0.3 is 4.52 Å². The number of nitrogens with zero attached hydrogens (tertiary/aromatic N) is 1. The summed E-state index contributed by atoms with van der Waals surface area (Å²) >= 11 is 0. The summed E-state index contributed by atoms with van der Waals surface area (Å²) in [5.41, 5.74) is 7.19. The van der Waals surface area contributed by atoms with Crippen molar-refractivity contribution in [3.63, 3.8) is 0 Å². The second kappa shape index (κ2) is 9.37. The average Bonchev–Trinajstić information content (AvgIpc) is 3.37. The van der Waals surface area contributed by atoms with Crippen LogP contribution in [0.25, 0.3) is 33.4 Å². The van der Waals surface area contributed by atoms with Crippen molar-refractivity contribution in [3.05, 3.63) is 146 Å². The first-order valence-electron chi connectivity index (χ1n) is 11.9. The molecule has 0 saturated carbocycles. The minimum atomic E-state index is -3.41. The maximum absolute atomic E-state index is 14.5. The van der Waals surface area contributed by atoms with E-state index in [1.165, 1.54) is 6.26 Å². The monoisotopic (exact) mass is 485 g/mol. The third-order valence-corrected chi connectivity index (χ3v) is 8.64. The van der Waals surface area contributed by atoms with E-state index >= 15 is 0 Å². The van der Waals surface area contributed by atoms with Crippen molar-refractivity contribution >= 4 is 18.5 Å². The van der Waals surface area contributed by atoms with Gasteiger partial charge in [0.15, 0.2) is 0 Å². The summed E-state index contributed by atoms with van der Waals surface area (Å²) in [6.07, 6.45) is 3.29. The van der Waals surface area contributed by atoms with Gasteiger partial charge in [-0.1, -0.05) is 103 Å². The van der Waals surface area contributed by atoms with Crippen LogP contribution in [0.2, 0.25) is 0 Å². The Morgan fingerprint density at radius 3 is 1.44 bits per heavy atom. The Hall–Kier alpha value is -4.33. The zero-order valence-corrected chi connectivity index (χ0v) is 20.5. The summed E-state index contributed by atoms with van der Waals surface area (Å²) in [7, 11) is -3.41. The molecule has 0 saturated heterocycles. The highest BCUT2D eigenvalue weighted by atomic mass is 31.2. The summed E-state index contributed by atoms with van der Waals surface area (Å²) in [5.74, 6) is 0. The van der Waals surface area contributed by atoms with Crippen molar-refractivity contribution < 1.29 is 9.09 Å². The van der Waals surface area contributed by atoms with Gasteiger partial charge in [-0.25, -0.2) is 4.57 Å².